The van der Waals surface area contributed by atoms with Crippen molar-refractivity contribution in [2.75, 3.05) is 5.32 Å². The van der Waals surface area contributed by atoms with E-state index in [1.54, 1.807) is 0 Å². The number of aromatic nitrogens is 1. The summed E-state index contributed by atoms with van der Waals surface area (Å²) in [6, 6.07) is 13.3. The first-order valence-corrected chi connectivity index (χ1v) is 7.88. The number of aliphatic hydroxyl groups is 1. The Morgan fingerprint density at radius 1 is 1.21 bits per heavy atom. The minimum Gasteiger partial charge on any atom is -0.390 e. The van der Waals surface area contributed by atoms with E-state index in [9.17, 15) is 9.90 Å². The van der Waals surface area contributed by atoms with E-state index in [1.165, 1.54) is 0 Å². The zero-order valence-corrected chi connectivity index (χ0v) is 13.8. The maximum Gasteiger partial charge on any atom is 0.255 e. The summed E-state index contributed by atoms with van der Waals surface area (Å²) < 4.78 is 0. The molecule has 4 nitrogen and oxygen atoms in total. The maximum atomic E-state index is 12.5. The van der Waals surface area contributed by atoms with Crippen LogP contribution >= 0.6 is 0 Å². The van der Waals surface area contributed by atoms with Crippen LogP contribution in [-0.4, -0.2) is 16.0 Å². The number of anilines is 1. The summed E-state index contributed by atoms with van der Waals surface area (Å²) in [5.74, 6) is -0.128. The zero-order valence-electron chi connectivity index (χ0n) is 13.8. The highest BCUT2D eigenvalue weighted by Gasteiger charge is 2.10. The number of hydrogen-bond acceptors (Lipinski definition) is 2. The first kappa shape index (κ1) is 16.0. The van der Waals surface area contributed by atoms with Crippen LogP contribution in [0.2, 0.25) is 0 Å². The van der Waals surface area contributed by atoms with Gasteiger partial charge in [0.1, 0.15) is 0 Å². The van der Waals surface area contributed by atoms with Crippen molar-refractivity contribution in [1.82, 2.24) is 4.98 Å². The maximum absolute atomic E-state index is 12.5. The molecule has 1 aromatic heterocycles. The first-order chi connectivity index (χ1) is 11.6. The third-order valence-corrected chi connectivity index (χ3v) is 3.96. The Balaban J connectivity index is 1.84. The lowest BCUT2D eigenvalue weighted by molar-refractivity contribution is 0.102. The highest BCUT2D eigenvalue weighted by molar-refractivity contribution is 6.06. The van der Waals surface area contributed by atoms with E-state index < -0.39 is 0 Å². The second kappa shape index (κ2) is 6.72. The molecule has 0 radical (unpaired) electrons. The molecule has 3 N–H and O–H groups in total. The minimum absolute atomic E-state index is 0.0336. The Labute approximate surface area is 140 Å². The molecule has 0 fully saturated rings. The van der Waals surface area contributed by atoms with Crippen LogP contribution in [0, 0.1) is 6.92 Å². The van der Waals surface area contributed by atoms with Crippen molar-refractivity contribution >= 4 is 28.6 Å². The van der Waals surface area contributed by atoms with Crippen molar-refractivity contribution in [1.29, 1.82) is 0 Å². The van der Waals surface area contributed by atoms with Crippen LogP contribution in [0.25, 0.3) is 17.0 Å². The molecule has 0 aliphatic carbocycles. The average Bonchev–Trinajstić information content (AvgIpc) is 2.97. The number of aryl methyl sites for hydroxylation is 1. The average molecular weight is 320 g/mol. The van der Waals surface area contributed by atoms with Crippen LogP contribution in [0.4, 0.5) is 5.69 Å². The van der Waals surface area contributed by atoms with Crippen LogP contribution in [0.15, 0.2) is 48.5 Å². The van der Waals surface area contributed by atoms with Gasteiger partial charge in [0.05, 0.1) is 6.61 Å². The molecule has 0 aliphatic heterocycles. The molecule has 1 heterocycles. The number of hydrogen-bond donors (Lipinski definition) is 3. The molecule has 0 atom stereocenters. The van der Waals surface area contributed by atoms with Gasteiger partial charge in [0.2, 0.25) is 0 Å². The molecule has 2 aromatic carbocycles. The number of rotatable bonds is 4. The standard InChI is InChI=1S/C20H20N2O2/c1-3-4-14-5-7-18(13(2)9-14)20(24)22-16-6-8-19-15(10-16)11-17(12-23)21-19/h3-11,21,23H,12H2,1-2H3,(H,22,24)/b4-3+. The van der Waals surface area contributed by atoms with Gasteiger partial charge in [0.15, 0.2) is 0 Å². The summed E-state index contributed by atoms with van der Waals surface area (Å²) in [6.07, 6.45) is 3.98. The van der Waals surface area contributed by atoms with Gasteiger partial charge >= 0.3 is 0 Å². The molecule has 4 heteroatoms. The fraction of sp³-hybridized carbons (Fsp3) is 0.150. The highest BCUT2D eigenvalue weighted by atomic mass is 16.3. The summed E-state index contributed by atoms with van der Waals surface area (Å²) in [6.45, 7) is 3.87. The quantitative estimate of drug-likeness (QED) is 0.672. The minimum atomic E-state index is -0.128. The van der Waals surface area contributed by atoms with Gasteiger partial charge in [-0.1, -0.05) is 24.3 Å². The molecule has 0 bridgehead atoms. The number of fused-ring (bicyclic) bond motifs is 1. The van der Waals surface area contributed by atoms with Crippen molar-refractivity contribution in [3.63, 3.8) is 0 Å². The van der Waals surface area contributed by atoms with Gasteiger partial charge in [-0.05, 0) is 55.3 Å². The van der Waals surface area contributed by atoms with Gasteiger partial charge in [0, 0.05) is 27.8 Å². The number of carbonyl (C=O) groups is 1. The molecule has 122 valence electrons. The number of benzene rings is 2. The molecule has 0 aliphatic rings. The lowest BCUT2D eigenvalue weighted by Crippen LogP contribution is -2.13. The zero-order chi connectivity index (χ0) is 17.1. The van der Waals surface area contributed by atoms with Gasteiger partial charge in [0.25, 0.3) is 5.91 Å². The topological polar surface area (TPSA) is 65.1 Å². The predicted molar refractivity (Wildman–Crippen MR) is 98.1 cm³/mol. The van der Waals surface area contributed by atoms with Gasteiger partial charge < -0.3 is 15.4 Å². The van der Waals surface area contributed by atoms with Crippen molar-refractivity contribution in [3.05, 3.63) is 70.9 Å². The van der Waals surface area contributed by atoms with Crippen LogP contribution < -0.4 is 5.32 Å². The van der Waals surface area contributed by atoms with E-state index in [2.05, 4.69) is 10.3 Å². The number of allylic oxidation sites excluding steroid dienone is 1. The van der Waals surface area contributed by atoms with E-state index in [0.29, 0.717) is 5.56 Å². The van der Waals surface area contributed by atoms with Crippen LogP contribution in [0.5, 0.6) is 0 Å². The Morgan fingerprint density at radius 2 is 2.04 bits per heavy atom. The van der Waals surface area contributed by atoms with Crippen LogP contribution in [0.3, 0.4) is 0 Å². The van der Waals surface area contributed by atoms with Crippen LogP contribution in [0.1, 0.15) is 34.1 Å². The highest BCUT2D eigenvalue weighted by Crippen LogP contribution is 2.21. The molecular formula is C20H20N2O2. The van der Waals surface area contributed by atoms with E-state index >= 15 is 0 Å². The molecular weight excluding hydrogens is 300 g/mol. The van der Waals surface area contributed by atoms with Gasteiger partial charge in [-0.2, -0.15) is 0 Å². The molecule has 0 unspecified atom stereocenters. The summed E-state index contributed by atoms with van der Waals surface area (Å²) in [7, 11) is 0. The van der Waals surface area contributed by atoms with Gasteiger partial charge in [-0.15, -0.1) is 0 Å². The Kier molecular flexibility index (Phi) is 4.49. The fourth-order valence-electron chi connectivity index (χ4n) is 2.79. The molecule has 1 amide bonds. The first-order valence-electron chi connectivity index (χ1n) is 7.88. The van der Waals surface area contributed by atoms with Gasteiger partial charge in [-0.3, -0.25) is 4.79 Å². The molecule has 0 spiro atoms. The Bertz CT molecular complexity index is 923. The largest absolute Gasteiger partial charge is 0.390 e. The number of H-pyrrole nitrogens is 1. The van der Waals surface area contributed by atoms with E-state index in [-0.39, 0.29) is 12.5 Å². The molecule has 0 saturated heterocycles. The Hall–Kier alpha value is -2.85. The third-order valence-electron chi connectivity index (χ3n) is 3.96. The monoisotopic (exact) mass is 320 g/mol. The number of carbonyl (C=O) groups excluding carboxylic acids is 1. The Morgan fingerprint density at radius 3 is 2.75 bits per heavy atom. The molecule has 0 saturated carbocycles. The second-order valence-corrected chi connectivity index (χ2v) is 5.78. The van der Waals surface area contributed by atoms with E-state index in [4.69, 9.17) is 0 Å². The summed E-state index contributed by atoms with van der Waals surface area (Å²) >= 11 is 0. The number of nitrogens with one attached hydrogen (secondary N) is 2. The van der Waals surface area contributed by atoms with Crippen molar-refractivity contribution in [2.45, 2.75) is 20.5 Å². The SMILES string of the molecule is C/C=C/c1ccc(C(=O)Nc2ccc3[nH]c(CO)cc3c2)c(C)c1. The smallest absolute Gasteiger partial charge is 0.255 e. The fourth-order valence-corrected chi connectivity index (χ4v) is 2.79. The van der Waals surface area contributed by atoms with Crippen molar-refractivity contribution in [3.8, 4) is 0 Å². The lowest BCUT2D eigenvalue weighted by Gasteiger charge is -2.09. The van der Waals surface area contributed by atoms with E-state index in [0.717, 1.165) is 33.4 Å². The molecule has 3 rings (SSSR count). The summed E-state index contributed by atoms with van der Waals surface area (Å²) in [4.78, 5) is 15.6. The van der Waals surface area contributed by atoms with Gasteiger partial charge in [-0.25, -0.2) is 0 Å². The summed E-state index contributed by atoms with van der Waals surface area (Å²) in [5, 5.41) is 13.1. The van der Waals surface area contributed by atoms with Crippen molar-refractivity contribution in [2.24, 2.45) is 0 Å². The van der Waals surface area contributed by atoms with E-state index in [1.807, 2.05) is 68.5 Å². The third kappa shape index (κ3) is 3.24. The second-order valence-electron chi connectivity index (χ2n) is 5.78. The number of aliphatic hydroxyl groups excluding tert-OH is 1. The van der Waals surface area contributed by atoms with Crippen molar-refractivity contribution < 1.29 is 9.90 Å². The normalized spacial score (nSPS) is 11.3. The predicted octanol–water partition coefficient (Wildman–Crippen LogP) is 4.25. The van der Waals surface area contributed by atoms with Crippen LogP contribution in [-0.2, 0) is 6.61 Å². The molecule has 3 aromatic rings. The lowest BCUT2D eigenvalue weighted by atomic mass is 10.0. The number of aromatic amines is 1. The summed E-state index contributed by atoms with van der Waals surface area (Å²) in [5.41, 5.74) is 5.10. The molecule has 24 heavy (non-hydrogen) atoms. The number of amides is 1.